The minimum atomic E-state index is -0.612. The Hall–Kier alpha value is -2.64. The highest BCUT2D eigenvalue weighted by molar-refractivity contribution is 7.09. The van der Waals surface area contributed by atoms with Gasteiger partial charge in [0.05, 0.1) is 13.2 Å². The van der Waals surface area contributed by atoms with E-state index >= 15 is 0 Å². The number of carbonyl (C=O) groups excluding carboxylic acids is 2. The van der Waals surface area contributed by atoms with Crippen molar-refractivity contribution in [2.45, 2.75) is 38.3 Å². The summed E-state index contributed by atoms with van der Waals surface area (Å²) in [5, 5.41) is 7.66. The summed E-state index contributed by atoms with van der Waals surface area (Å²) in [5.41, 5.74) is 6.69. The zero-order valence-electron chi connectivity index (χ0n) is 16.2. The minimum absolute atomic E-state index is 0.216. The second kappa shape index (κ2) is 11.3. The number of nitrogens with one attached hydrogen (secondary N) is 2. The third kappa shape index (κ3) is 7.17. The molecule has 0 unspecified atom stereocenters. The second-order valence-electron chi connectivity index (χ2n) is 6.37. The number of hydrogen-bond acceptors (Lipinski definition) is 5. The molecule has 28 heavy (non-hydrogen) atoms. The molecule has 2 aromatic rings. The molecular weight excluding hydrogens is 374 g/mol. The molecule has 0 bridgehead atoms. The van der Waals surface area contributed by atoms with Crippen LogP contribution in [0.4, 0.5) is 5.69 Å². The minimum Gasteiger partial charge on any atom is -0.497 e. The molecule has 0 aliphatic rings. The highest BCUT2D eigenvalue weighted by Crippen LogP contribution is 2.15. The van der Waals surface area contributed by atoms with Crippen LogP contribution in [0, 0.1) is 0 Å². The van der Waals surface area contributed by atoms with Crippen molar-refractivity contribution < 1.29 is 14.3 Å². The summed E-state index contributed by atoms with van der Waals surface area (Å²) in [6.07, 6.45) is 5.25. The van der Waals surface area contributed by atoms with Crippen LogP contribution >= 0.6 is 11.3 Å². The number of anilines is 1. The van der Waals surface area contributed by atoms with Gasteiger partial charge in [0.2, 0.25) is 11.8 Å². The van der Waals surface area contributed by atoms with Gasteiger partial charge in [-0.05, 0) is 42.1 Å². The Bertz CT molecular complexity index is 773. The van der Waals surface area contributed by atoms with Crippen molar-refractivity contribution in [3.8, 4) is 5.75 Å². The summed E-state index contributed by atoms with van der Waals surface area (Å²) in [7, 11) is 1.59. The Balaban J connectivity index is 1.88. The largest absolute Gasteiger partial charge is 0.497 e. The van der Waals surface area contributed by atoms with Crippen LogP contribution in [0.25, 0.3) is 0 Å². The SMILES string of the molecule is CCC[C@@H](/C=C/C(=O)Nc1ccc(OC)cc1)NC(=O)[C@@H](N)Cc1cccs1. The zero-order chi connectivity index (χ0) is 20.4. The van der Waals surface area contributed by atoms with Crippen LogP contribution < -0.4 is 21.1 Å². The summed E-state index contributed by atoms with van der Waals surface area (Å²) in [4.78, 5) is 25.6. The lowest BCUT2D eigenvalue weighted by molar-refractivity contribution is -0.122. The fraction of sp³-hybridized carbons (Fsp3) is 0.333. The van der Waals surface area contributed by atoms with Crippen molar-refractivity contribution in [2.75, 3.05) is 12.4 Å². The van der Waals surface area contributed by atoms with Crippen molar-refractivity contribution in [3.63, 3.8) is 0 Å². The Morgan fingerprint density at radius 3 is 2.61 bits per heavy atom. The van der Waals surface area contributed by atoms with Gasteiger partial charge in [-0.25, -0.2) is 0 Å². The lowest BCUT2D eigenvalue weighted by Gasteiger charge is -2.17. The fourth-order valence-corrected chi connectivity index (χ4v) is 3.38. The number of ether oxygens (including phenoxy) is 1. The van der Waals surface area contributed by atoms with Crippen LogP contribution in [0.5, 0.6) is 5.75 Å². The molecule has 0 spiro atoms. The Kier molecular flexibility index (Phi) is 8.71. The third-order valence-corrected chi connectivity index (χ3v) is 5.00. The molecule has 6 nitrogen and oxygen atoms in total. The molecular formula is C21H27N3O3S. The molecule has 150 valence electrons. The predicted octanol–water partition coefficient (Wildman–Crippen LogP) is 3.11. The van der Waals surface area contributed by atoms with Crippen LogP contribution in [0.15, 0.2) is 53.9 Å². The average molecular weight is 402 g/mol. The van der Waals surface area contributed by atoms with E-state index in [0.29, 0.717) is 12.1 Å². The Morgan fingerprint density at radius 2 is 2.00 bits per heavy atom. The Labute approximate surface area is 169 Å². The number of nitrogens with two attached hydrogens (primary N) is 1. The molecule has 0 aliphatic carbocycles. The monoisotopic (exact) mass is 401 g/mol. The second-order valence-corrected chi connectivity index (χ2v) is 7.40. The first-order valence-corrected chi connectivity index (χ1v) is 10.1. The van der Waals surface area contributed by atoms with Gasteiger partial charge in [0, 0.05) is 29.1 Å². The normalized spacial score (nSPS) is 13.1. The fourth-order valence-electron chi connectivity index (χ4n) is 2.62. The van der Waals surface area contributed by atoms with Crippen LogP contribution in [-0.4, -0.2) is 31.0 Å². The van der Waals surface area contributed by atoms with E-state index in [-0.39, 0.29) is 17.9 Å². The van der Waals surface area contributed by atoms with Crippen LogP contribution in [0.3, 0.4) is 0 Å². The van der Waals surface area contributed by atoms with Gasteiger partial charge in [-0.1, -0.05) is 25.5 Å². The molecule has 0 aliphatic heterocycles. The van der Waals surface area contributed by atoms with E-state index in [4.69, 9.17) is 10.5 Å². The van der Waals surface area contributed by atoms with Gasteiger partial charge >= 0.3 is 0 Å². The average Bonchev–Trinajstić information content (AvgIpc) is 3.20. The van der Waals surface area contributed by atoms with E-state index in [1.54, 1.807) is 48.8 Å². The first-order valence-electron chi connectivity index (χ1n) is 9.23. The molecule has 2 atom stereocenters. The number of hydrogen-bond donors (Lipinski definition) is 3. The zero-order valence-corrected chi connectivity index (χ0v) is 17.0. The molecule has 1 aromatic carbocycles. The van der Waals surface area contributed by atoms with Crippen molar-refractivity contribution in [1.29, 1.82) is 0 Å². The van der Waals surface area contributed by atoms with Crippen molar-refractivity contribution >= 4 is 28.8 Å². The number of thiophene rings is 1. The quantitative estimate of drug-likeness (QED) is 0.533. The summed E-state index contributed by atoms with van der Waals surface area (Å²) < 4.78 is 5.09. The van der Waals surface area contributed by atoms with E-state index in [1.165, 1.54) is 6.08 Å². The van der Waals surface area contributed by atoms with Crippen LogP contribution in [0.2, 0.25) is 0 Å². The standard InChI is InChI=1S/C21H27N3O3S/c1-3-5-15(24-21(26)19(22)14-18-6-4-13-28-18)9-12-20(25)23-16-7-10-17(27-2)11-8-16/h4,6-13,15,19H,3,5,14,22H2,1-2H3,(H,23,25)(H,24,26)/b12-9+/t15-,19-/m0/s1. The van der Waals surface area contributed by atoms with E-state index in [2.05, 4.69) is 10.6 Å². The first kappa shape index (κ1) is 21.7. The number of methoxy groups -OCH3 is 1. The highest BCUT2D eigenvalue weighted by Gasteiger charge is 2.17. The predicted molar refractivity (Wildman–Crippen MR) is 114 cm³/mol. The lowest BCUT2D eigenvalue weighted by atomic mass is 10.1. The molecule has 1 aromatic heterocycles. The molecule has 0 saturated heterocycles. The van der Waals surface area contributed by atoms with Gasteiger partial charge in [-0.2, -0.15) is 0 Å². The van der Waals surface area contributed by atoms with Gasteiger partial charge in [-0.15, -0.1) is 11.3 Å². The van der Waals surface area contributed by atoms with Crippen LogP contribution in [-0.2, 0) is 16.0 Å². The summed E-state index contributed by atoms with van der Waals surface area (Å²) in [5.74, 6) is 0.244. The lowest BCUT2D eigenvalue weighted by Crippen LogP contribution is -2.45. The number of carbonyl (C=O) groups is 2. The summed E-state index contributed by atoms with van der Waals surface area (Å²) in [6, 6.07) is 10.1. The molecule has 2 rings (SSSR count). The topological polar surface area (TPSA) is 93.5 Å². The maximum absolute atomic E-state index is 12.4. The summed E-state index contributed by atoms with van der Waals surface area (Å²) >= 11 is 1.58. The Morgan fingerprint density at radius 1 is 1.25 bits per heavy atom. The van der Waals surface area contributed by atoms with Gasteiger partial charge in [-0.3, -0.25) is 9.59 Å². The van der Waals surface area contributed by atoms with Crippen molar-refractivity contribution in [2.24, 2.45) is 5.73 Å². The maximum atomic E-state index is 12.4. The molecule has 7 heteroatoms. The number of amides is 2. The maximum Gasteiger partial charge on any atom is 0.248 e. The smallest absolute Gasteiger partial charge is 0.248 e. The van der Waals surface area contributed by atoms with Crippen LogP contribution in [0.1, 0.15) is 24.6 Å². The highest BCUT2D eigenvalue weighted by atomic mass is 32.1. The first-order chi connectivity index (χ1) is 13.5. The van der Waals surface area contributed by atoms with Gasteiger partial charge in [0.1, 0.15) is 5.75 Å². The van der Waals surface area contributed by atoms with Gasteiger partial charge in [0.25, 0.3) is 0 Å². The van der Waals surface area contributed by atoms with E-state index in [0.717, 1.165) is 23.5 Å². The molecule has 0 saturated carbocycles. The summed E-state index contributed by atoms with van der Waals surface area (Å²) in [6.45, 7) is 2.02. The molecule has 0 fully saturated rings. The molecule has 2 amide bonds. The van der Waals surface area contributed by atoms with E-state index < -0.39 is 6.04 Å². The van der Waals surface area contributed by atoms with E-state index in [9.17, 15) is 9.59 Å². The van der Waals surface area contributed by atoms with Crippen molar-refractivity contribution in [1.82, 2.24) is 5.32 Å². The molecule has 4 N–H and O–H groups in total. The van der Waals surface area contributed by atoms with Gasteiger partial charge < -0.3 is 21.1 Å². The number of benzene rings is 1. The van der Waals surface area contributed by atoms with E-state index in [1.807, 2.05) is 24.4 Å². The molecule has 1 heterocycles. The van der Waals surface area contributed by atoms with Crippen molar-refractivity contribution in [3.05, 3.63) is 58.8 Å². The third-order valence-electron chi connectivity index (χ3n) is 4.10. The number of rotatable bonds is 10. The molecule has 0 radical (unpaired) electrons. The van der Waals surface area contributed by atoms with Gasteiger partial charge in [0.15, 0.2) is 0 Å².